The van der Waals surface area contributed by atoms with E-state index in [1.807, 2.05) is 47.0 Å². The Kier molecular flexibility index (Phi) is 3.59. The van der Waals surface area contributed by atoms with E-state index in [-0.39, 0.29) is 10.8 Å². The molecule has 2 heterocycles. The van der Waals surface area contributed by atoms with E-state index in [1.54, 1.807) is 0 Å². The van der Waals surface area contributed by atoms with E-state index in [0.29, 0.717) is 0 Å². The molecule has 0 aromatic heterocycles. The second-order valence-corrected chi connectivity index (χ2v) is 7.40. The molecule has 0 unspecified atom stereocenters. The molecule has 2 aliphatic rings. The summed E-state index contributed by atoms with van der Waals surface area (Å²) in [6, 6.07) is 14.1. The van der Waals surface area contributed by atoms with Crippen LogP contribution in [0.4, 0.5) is 0 Å². The predicted octanol–water partition coefficient (Wildman–Crippen LogP) is 3.54. The van der Waals surface area contributed by atoms with Gasteiger partial charge in [0.1, 0.15) is 4.93 Å². The Hall–Kier alpha value is -1.52. The average Bonchev–Trinajstić information content (AvgIpc) is 3.02. The van der Waals surface area contributed by atoms with E-state index in [0.717, 1.165) is 49.2 Å². The first-order chi connectivity index (χ1) is 10.8. The number of benzene rings is 2. The number of piperidine rings is 1. The molecule has 4 rings (SSSR count). The average molecular weight is 313 g/mol. The van der Waals surface area contributed by atoms with Gasteiger partial charge >= 0.3 is 0 Å². The summed E-state index contributed by atoms with van der Waals surface area (Å²) in [7, 11) is 0. The van der Waals surface area contributed by atoms with Crippen LogP contribution in [0.3, 0.4) is 0 Å². The van der Waals surface area contributed by atoms with E-state index in [1.165, 1.54) is 5.39 Å². The zero-order chi connectivity index (χ0) is 15.0. The highest BCUT2D eigenvalue weighted by molar-refractivity contribution is 8.00. The Bertz CT molecular complexity index is 699. The summed E-state index contributed by atoms with van der Waals surface area (Å²) in [4.78, 5) is 14.7. The molecule has 2 aromatic rings. The summed E-state index contributed by atoms with van der Waals surface area (Å²) >= 11 is 1.92. The number of hydrogen-bond donors (Lipinski definition) is 0. The lowest BCUT2D eigenvalue weighted by Gasteiger charge is -2.37. The lowest BCUT2D eigenvalue weighted by molar-refractivity contribution is 0.00353. The normalized spacial score (nSPS) is 20.6. The van der Waals surface area contributed by atoms with Crippen molar-refractivity contribution >= 4 is 28.4 Å². The molecule has 2 fully saturated rings. The zero-order valence-corrected chi connectivity index (χ0v) is 13.3. The van der Waals surface area contributed by atoms with Gasteiger partial charge in [0.05, 0.1) is 6.61 Å². The molecule has 0 aliphatic carbocycles. The number of likely N-dealkylation sites (tertiary alicyclic amines) is 1. The predicted molar refractivity (Wildman–Crippen MR) is 90.2 cm³/mol. The molecule has 2 aromatic carbocycles. The van der Waals surface area contributed by atoms with Gasteiger partial charge in [0, 0.05) is 37.2 Å². The smallest absolute Gasteiger partial charge is 0.253 e. The molecule has 0 bridgehead atoms. The maximum absolute atomic E-state index is 12.7. The maximum atomic E-state index is 12.7. The summed E-state index contributed by atoms with van der Waals surface area (Å²) < 4.78 is 5.90. The number of rotatable bonds is 1. The van der Waals surface area contributed by atoms with Gasteiger partial charge in [0.25, 0.3) is 5.91 Å². The Labute approximate surface area is 134 Å². The van der Waals surface area contributed by atoms with Crippen molar-refractivity contribution in [2.75, 3.05) is 25.4 Å². The Morgan fingerprint density at radius 3 is 2.59 bits per heavy atom. The van der Waals surface area contributed by atoms with Crippen LogP contribution in [-0.4, -0.2) is 41.2 Å². The lowest BCUT2D eigenvalue weighted by atomic mass is 10.0. The molecular weight excluding hydrogens is 294 g/mol. The van der Waals surface area contributed by atoms with Crippen LogP contribution in [0.1, 0.15) is 23.2 Å². The molecule has 2 aliphatic heterocycles. The Balaban J connectivity index is 1.51. The van der Waals surface area contributed by atoms with Crippen LogP contribution in [0, 0.1) is 0 Å². The fourth-order valence-electron chi connectivity index (χ4n) is 3.34. The van der Waals surface area contributed by atoms with Crippen molar-refractivity contribution in [3.8, 4) is 0 Å². The fourth-order valence-corrected chi connectivity index (χ4v) is 4.52. The molecule has 4 heteroatoms. The first-order valence-corrected chi connectivity index (χ1v) is 8.80. The van der Waals surface area contributed by atoms with E-state index >= 15 is 0 Å². The topological polar surface area (TPSA) is 29.5 Å². The van der Waals surface area contributed by atoms with Crippen molar-refractivity contribution in [3.63, 3.8) is 0 Å². The van der Waals surface area contributed by atoms with Gasteiger partial charge in [0.15, 0.2) is 0 Å². The molecule has 2 saturated heterocycles. The third kappa shape index (κ3) is 2.50. The highest BCUT2D eigenvalue weighted by Gasteiger charge is 2.40. The number of amides is 1. The summed E-state index contributed by atoms with van der Waals surface area (Å²) in [5, 5.41) is 2.30. The van der Waals surface area contributed by atoms with E-state index in [2.05, 4.69) is 12.1 Å². The monoisotopic (exact) mass is 313 g/mol. The van der Waals surface area contributed by atoms with Gasteiger partial charge in [-0.25, -0.2) is 0 Å². The van der Waals surface area contributed by atoms with Gasteiger partial charge in [-0.1, -0.05) is 30.3 Å². The van der Waals surface area contributed by atoms with Gasteiger partial charge in [-0.2, -0.15) is 0 Å². The van der Waals surface area contributed by atoms with Gasteiger partial charge in [-0.05, 0) is 22.9 Å². The number of carbonyl (C=O) groups is 1. The van der Waals surface area contributed by atoms with Crippen LogP contribution in [0.25, 0.3) is 10.8 Å². The second-order valence-electron chi connectivity index (χ2n) is 5.96. The van der Waals surface area contributed by atoms with Crippen LogP contribution in [0.2, 0.25) is 0 Å². The van der Waals surface area contributed by atoms with Crippen molar-refractivity contribution in [1.82, 2.24) is 4.90 Å². The number of ether oxygens (including phenoxy) is 1. The third-order valence-corrected chi connectivity index (χ3v) is 6.05. The SMILES string of the molecule is O=C(c1ccc2ccccc2c1)N1CCC2(CC1)OCCS2. The van der Waals surface area contributed by atoms with Crippen molar-refractivity contribution in [3.05, 3.63) is 48.0 Å². The van der Waals surface area contributed by atoms with E-state index in [9.17, 15) is 4.79 Å². The van der Waals surface area contributed by atoms with Crippen molar-refractivity contribution in [1.29, 1.82) is 0 Å². The molecule has 3 nitrogen and oxygen atoms in total. The number of fused-ring (bicyclic) bond motifs is 1. The first-order valence-electron chi connectivity index (χ1n) is 7.82. The largest absolute Gasteiger partial charge is 0.363 e. The molecular formula is C18H19NO2S. The minimum atomic E-state index is -0.0137. The van der Waals surface area contributed by atoms with E-state index < -0.39 is 0 Å². The quantitative estimate of drug-likeness (QED) is 0.806. The van der Waals surface area contributed by atoms with Crippen LogP contribution in [0.5, 0.6) is 0 Å². The molecule has 0 atom stereocenters. The van der Waals surface area contributed by atoms with Gasteiger partial charge in [-0.15, -0.1) is 11.8 Å². The molecule has 114 valence electrons. The maximum Gasteiger partial charge on any atom is 0.253 e. The van der Waals surface area contributed by atoms with Gasteiger partial charge in [0.2, 0.25) is 0 Å². The van der Waals surface area contributed by atoms with Crippen LogP contribution in [-0.2, 0) is 4.74 Å². The molecule has 0 N–H and O–H groups in total. The second kappa shape index (κ2) is 5.60. The lowest BCUT2D eigenvalue weighted by Crippen LogP contribution is -2.45. The Morgan fingerprint density at radius 1 is 1.09 bits per heavy atom. The molecule has 0 saturated carbocycles. The molecule has 1 amide bonds. The number of carbonyl (C=O) groups excluding carboxylic acids is 1. The molecule has 0 radical (unpaired) electrons. The van der Waals surface area contributed by atoms with Crippen LogP contribution < -0.4 is 0 Å². The summed E-state index contributed by atoms with van der Waals surface area (Å²) in [6.45, 7) is 2.43. The summed E-state index contributed by atoms with van der Waals surface area (Å²) in [6.07, 6.45) is 1.88. The molecule has 22 heavy (non-hydrogen) atoms. The van der Waals surface area contributed by atoms with Gasteiger partial charge < -0.3 is 9.64 Å². The summed E-state index contributed by atoms with van der Waals surface area (Å²) in [5.41, 5.74) is 0.787. The fraction of sp³-hybridized carbons (Fsp3) is 0.389. The Morgan fingerprint density at radius 2 is 1.86 bits per heavy atom. The van der Waals surface area contributed by atoms with Crippen molar-refractivity contribution in [2.45, 2.75) is 17.8 Å². The highest BCUT2D eigenvalue weighted by Crippen LogP contribution is 2.41. The number of nitrogens with zero attached hydrogens (tertiary/aromatic N) is 1. The summed E-state index contributed by atoms with van der Waals surface area (Å²) in [5.74, 6) is 1.22. The highest BCUT2D eigenvalue weighted by atomic mass is 32.2. The van der Waals surface area contributed by atoms with Crippen molar-refractivity contribution in [2.24, 2.45) is 0 Å². The van der Waals surface area contributed by atoms with Crippen LogP contribution >= 0.6 is 11.8 Å². The number of thioether (sulfide) groups is 1. The van der Waals surface area contributed by atoms with E-state index in [4.69, 9.17) is 4.74 Å². The molecule has 1 spiro atoms. The zero-order valence-electron chi connectivity index (χ0n) is 12.5. The number of hydrogen-bond acceptors (Lipinski definition) is 3. The minimum Gasteiger partial charge on any atom is -0.363 e. The first kappa shape index (κ1) is 14.1. The van der Waals surface area contributed by atoms with Crippen LogP contribution in [0.15, 0.2) is 42.5 Å². The standard InChI is InChI=1S/C18H19NO2S/c20-17(16-6-5-14-3-1-2-4-15(14)13-16)19-9-7-18(8-10-19)21-11-12-22-18/h1-6,13H,7-12H2. The van der Waals surface area contributed by atoms with Crippen molar-refractivity contribution < 1.29 is 9.53 Å². The third-order valence-electron chi connectivity index (χ3n) is 4.62. The minimum absolute atomic E-state index is 0.0137. The van der Waals surface area contributed by atoms with Gasteiger partial charge in [-0.3, -0.25) is 4.79 Å².